The summed E-state index contributed by atoms with van der Waals surface area (Å²) < 4.78 is 0. The molecule has 0 radical (unpaired) electrons. The number of anilines is 2. The summed E-state index contributed by atoms with van der Waals surface area (Å²) >= 11 is 0. The molecule has 2 aromatic carbocycles. The number of benzene rings is 2. The van der Waals surface area contributed by atoms with Crippen molar-refractivity contribution in [1.29, 1.82) is 0 Å². The van der Waals surface area contributed by atoms with E-state index in [9.17, 15) is 0 Å². The number of hydrogen-bond donors (Lipinski definition) is 0. The van der Waals surface area contributed by atoms with Gasteiger partial charge in [-0.1, -0.05) is 0 Å². The van der Waals surface area contributed by atoms with E-state index in [2.05, 4.69) is 171 Å². The fourth-order valence-electron chi connectivity index (χ4n) is 8.90. The van der Waals surface area contributed by atoms with Crippen molar-refractivity contribution in [2.75, 3.05) is 9.80 Å². The minimum atomic E-state index is 0.00167. The summed E-state index contributed by atoms with van der Waals surface area (Å²) in [5, 5.41) is 0. The Morgan fingerprint density at radius 1 is 0.477 bits per heavy atom. The van der Waals surface area contributed by atoms with Gasteiger partial charge < -0.3 is 0 Å². The third-order valence-electron chi connectivity index (χ3n) is 10.4. The first-order valence-electron chi connectivity index (χ1n) is 17.4. The Balaban J connectivity index is 2.04. The molecule has 2 aromatic rings. The fourth-order valence-corrected chi connectivity index (χ4v) is 8.90. The molecule has 0 atom stereocenters. The van der Waals surface area contributed by atoms with Gasteiger partial charge in [-0.3, -0.25) is 0 Å². The number of nitrogens with zero attached hydrogens (tertiary/aromatic N) is 2. The zero-order valence-corrected chi connectivity index (χ0v) is 31.2. The average molecular weight is 593 g/mol. The Labute approximate surface area is 273 Å². The number of para-hydroxylation sites is 2. The fraction of sp³-hybridized carbons (Fsp3) is 0.650. The van der Waals surface area contributed by atoms with Gasteiger partial charge in [0, 0.05) is 0 Å². The second-order valence-electron chi connectivity index (χ2n) is 17.7. The van der Waals surface area contributed by atoms with Crippen molar-refractivity contribution < 1.29 is 0 Å². The molecule has 4 heteroatoms. The van der Waals surface area contributed by atoms with E-state index in [0.29, 0.717) is 23.7 Å². The van der Waals surface area contributed by atoms with Gasteiger partial charge in [0.05, 0.1) is 0 Å². The van der Waals surface area contributed by atoms with E-state index in [0.717, 1.165) is 12.8 Å². The second-order valence-corrected chi connectivity index (χ2v) is 17.7. The first-order valence-corrected chi connectivity index (χ1v) is 17.4. The van der Waals surface area contributed by atoms with Crippen LogP contribution in [0.3, 0.4) is 0 Å². The summed E-state index contributed by atoms with van der Waals surface area (Å²) in [6, 6.07) is 14.0. The molecular formula is C40H62B2N2. The van der Waals surface area contributed by atoms with E-state index in [4.69, 9.17) is 0 Å². The van der Waals surface area contributed by atoms with Gasteiger partial charge in [-0.15, -0.1) is 0 Å². The maximum absolute atomic E-state index is 2.74. The zero-order chi connectivity index (χ0) is 33.2. The van der Waals surface area contributed by atoms with Crippen molar-refractivity contribution in [2.24, 2.45) is 10.8 Å². The van der Waals surface area contributed by atoms with Crippen LogP contribution in [0, 0.1) is 10.8 Å². The summed E-state index contributed by atoms with van der Waals surface area (Å²) in [7, 11) is 0. The summed E-state index contributed by atoms with van der Waals surface area (Å²) in [4.78, 5) is 5.49. The molecule has 2 nitrogen and oxygen atoms in total. The molecular weight excluding hydrogens is 530 g/mol. The second kappa shape index (κ2) is 11.9. The molecule has 44 heavy (non-hydrogen) atoms. The topological polar surface area (TPSA) is 6.48 Å². The molecule has 2 saturated heterocycles. The van der Waals surface area contributed by atoms with Gasteiger partial charge in [0.1, 0.15) is 0 Å². The first-order chi connectivity index (χ1) is 20.1. The summed E-state index contributed by atoms with van der Waals surface area (Å²) in [6.45, 7) is 43.5. The molecule has 0 spiro atoms. The molecule has 0 amide bonds. The van der Waals surface area contributed by atoms with E-state index in [1.165, 1.54) is 44.8 Å². The van der Waals surface area contributed by atoms with Crippen LogP contribution in [0.2, 0.25) is 0 Å². The molecule has 0 N–H and O–H groups in total. The normalized spacial score (nSPS) is 22.2. The van der Waals surface area contributed by atoms with Crippen molar-refractivity contribution in [3.8, 4) is 0 Å². The Morgan fingerprint density at radius 3 is 0.955 bits per heavy atom. The Bertz CT molecular complexity index is 1270. The van der Waals surface area contributed by atoms with Crippen LogP contribution in [0.25, 0.3) is 0 Å². The molecule has 0 aromatic heterocycles. The number of hydrogen-bond acceptors (Lipinski definition) is 2. The third kappa shape index (κ3) is 6.18. The van der Waals surface area contributed by atoms with Crippen LogP contribution in [0.15, 0.2) is 36.4 Å². The molecule has 0 aliphatic carbocycles. The summed E-state index contributed by atoms with van der Waals surface area (Å²) in [5.41, 5.74) is 11.7. The van der Waals surface area contributed by atoms with Gasteiger partial charge in [-0.2, -0.15) is 0 Å². The van der Waals surface area contributed by atoms with Crippen LogP contribution in [0.5, 0.6) is 0 Å². The van der Waals surface area contributed by atoms with Crippen molar-refractivity contribution in [3.05, 3.63) is 58.7 Å². The van der Waals surface area contributed by atoms with Gasteiger partial charge >= 0.3 is 274 Å². The average Bonchev–Trinajstić information content (AvgIpc) is 3.18. The van der Waals surface area contributed by atoms with Gasteiger partial charge in [-0.25, -0.2) is 0 Å². The third-order valence-corrected chi connectivity index (χ3v) is 10.4. The zero-order valence-electron chi connectivity index (χ0n) is 31.2. The first kappa shape index (κ1) is 34.8. The van der Waals surface area contributed by atoms with E-state index < -0.39 is 0 Å². The summed E-state index contributed by atoms with van der Waals surface area (Å²) in [5.74, 6) is 1.81. The van der Waals surface area contributed by atoms with Gasteiger partial charge in [0.2, 0.25) is 0 Å². The Kier molecular flexibility index (Phi) is 9.43. The molecule has 4 rings (SSSR count). The molecule has 2 fully saturated rings. The molecule has 0 unspecified atom stereocenters. The van der Waals surface area contributed by atoms with Crippen molar-refractivity contribution in [1.82, 2.24) is 0 Å². The number of rotatable bonds is 7. The molecule has 2 heterocycles. The van der Waals surface area contributed by atoms with Crippen molar-refractivity contribution in [2.45, 2.75) is 158 Å². The van der Waals surface area contributed by atoms with Crippen LogP contribution < -0.4 is 9.80 Å². The van der Waals surface area contributed by atoms with Gasteiger partial charge in [0.25, 0.3) is 0 Å². The molecule has 2 aliphatic rings. The minimum absolute atomic E-state index is 0.00167. The van der Waals surface area contributed by atoms with Crippen LogP contribution in [-0.4, -0.2) is 35.9 Å². The standard InChI is InChI=1S/C40H62B2N2/c1-25(2)29-19-17-20-30(26(3)4)33(29)43-35(37(9,10)23-39(43,13)14)41-42-36-38(11,12)24-40(15,16)44(36)34-31(27(5)6)21-18-22-32(34)28(7)8/h17-22,25-28H,23-24H2,1-16H3. The molecule has 2 aliphatic heterocycles. The molecule has 238 valence electrons. The van der Waals surface area contributed by atoms with Gasteiger partial charge in [0.15, 0.2) is 0 Å². The summed E-state index contributed by atoms with van der Waals surface area (Å²) in [6.07, 6.45) is 2.23. The van der Waals surface area contributed by atoms with Crippen molar-refractivity contribution >= 4 is 36.2 Å². The quantitative estimate of drug-likeness (QED) is 0.295. The monoisotopic (exact) mass is 593 g/mol. The maximum atomic E-state index is 2.74. The van der Waals surface area contributed by atoms with E-state index in [1.54, 1.807) is 0 Å². The molecule has 0 saturated carbocycles. The van der Waals surface area contributed by atoms with E-state index >= 15 is 0 Å². The van der Waals surface area contributed by atoms with Crippen molar-refractivity contribution in [3.63, 3.8) is 0 Å². The van der Waals surface area contributed by atoms with Crippen LogP contribution >= 0.6 is 0 Å². The Hall–Kier alpha value is -2.09. The van der Waals surface area contributed by atoms with Crippen LogP contribution in [-0.2, 0) is 0 Å². The molecule has 0 bridgehead atoms. The van der Waals surface area contributed by atoms with Crippen LogP contribution in [0.1, 0.15) is 170 Å². The predicted octanol–water partition coefficient (Wildman–Crippen LogP) is 10.5. The van der Waals surface area contributed by atoms with E-state index in [-0.39, 0.29) is 21.9 Å². The van der Waals surface area contributed by atoms with E-state index in [1.807, 2.05) is 0 Å². The SMILES string of the molecule is CC(C)c1cccc(C(C)C)c1N1C(=BB=C2N(c3c(C(C)C)cccc3C(C)C)C(C)(C)CC2(C)C)C(C)(C)CC1(C)C. The predicted molar refractivity (Wildman–Crippen MR) is 201 cm³/mol. The van der Waals surface area contributed by atoms with Crippen LogP contribution in [0.4, 0.5) is 11.4 Å². The van der Waals surface area contributed by atoms with Gasteiger partial charge in [-0.05, 0) is 0 Å². The Morgan fingerprint density at radius 2 is 0.727 bits per heavy atom.